The zero-order chi connectivity index (χ0) is 29.9. The molecule has 3 N–H and O–H groups in total. The summed E-state index contributed by atoms with van der Waals surface area (Å²) in [7, 11) is 0. The van der Waals surface area contributed by atoms with E-state index in [1.807, 2.05) is 54.6 Å². The van der Waals surface area contributed by atoms with Crippen molar-refractivity contribution in [2.24, 2.45) is 15.0 Å². The van der Waals surface area contributed by atoms with Crippen molar-refractivity contribution in [2.45, 2.75) is 56.7 Å². The van der Waals surface area contributed by atoms with E-state index in [0.29, 0.717) is 38.5 Å². The molecule has 0 radical (unpaired) electrons. The summed E-state index contributed by atoms with van der Waals surface area (Å²) in [5.41, 5.74) is 4.78. The van der Waals surface area contributed by atoms with E-state index in [1.165, 1.54) is 0 Å². The van der Waals surface area contributed by atoms with Crippen LogP contribution in [0.3, 0.4) is 0 Å². The van der Waals surface area contributed by atoms with Gasteiger partial charge in [0.2, 0.25) is 0 Å². The monoisotopic (exact) mass is 626 g/mol. The molecule has 224 valence electrons. The maximum absolute atomic E-state index is 10.7. The molecule has 0 bridgehead atoms. The number of carboxylic acids is 3. The molecule has 6 heterocycles. The van der Waals surface area contributed by atoms with Crippen LogP contribution >= 0.6 is 0 Å². The predicted octanol–water partition coefficient (Wildman–Crippen LogP) is 3.35. The molecule has 3 aromatic rings. The Morgan fingerprint density at radius 2 is 0.791 bits per heavy atom. The van der Waals surface area contributed by atoms with Crippen LogP contribution in [0.25, 0.3) is 0 Å². The largest absolute Gasteiger partial charge is 0.480 e. The fourth-order valence-electron chi connectivity index (χ4n) is 4.49. The van der Waals surface area contributed by atoms with Gasteiger partial charge in [-0.05, 0) is 74.9 Å². The summed E-state index contributed by atoms with van der Waals surface area (Å²) in [6.07, 6.45) is 8.92. The Morgan fingerprint density at radius 3 is 0.977 bits per heavy atom. The molecule has 6 rings (SSSR count). The SMILES string of the molecule is O=C(O)[C@H]1CCC(c2ccccn2)=N1.O=C(O)[C@H]1CCC(c2ccccn2)=N1.O=C(O)[C@H]1CCC(c2ccccn2)=N1.[Fe]. The molecule has 0 aliphatic carbocycles. The van der Waals surface area contributed by atoms with Gasteiger partial charge in [0.05, 0.1) is 34.2 Å². The Labute approximate surface area is 258 Å². The van der Waals surface area contributed by atoms with Crippen LogP contribution < -0.4 is 0 Å². The minimum Gasteiger partial charge on any atom is -0.480 e. The Bertz CT molecular complexity index is 1310. The third kappa shape index (κ3) is 9.45. The normalized spacial score (nSPS) is 20.1. The Hall–Kier alpha value is -4.61. The van der Waals surface area contributed by atoms with Gasteiger partial charge in [0.15, 0.2) is 0 Å². The number of carbonyl (C=O) groups is 3. The molecule has 12 nitrogen and oxygen atoms in total. The summed E-state index contributed by atoms with van der Waals surface area (Å²) in [5, 5.41) is 26.3. The molecule has 3 aliphatic heterocycles. The van der Waals surface area contributed by atoms with Crippen molar-refractivity contribution in [2.75, 3.05) is 0 Å². The van der Waals surface area contributed by atoms with E-state index in [4.69, 9.17) is 15.3 Å². The number of pyridine rings is 3. The van der Waals surface area contributed by atoms with Crippen LogP contribution in [0.2, 0.25) is 0 Å². The van der Waals surface area contributed by atoms with Gasteiger partial charge < -0.3 is 15.3 Å². The second kappa shape index (κ2) is 16.1. The first-order valence-electron chi connectivity index (χ1n) is 13.4. The number of carboxylic acid groups (broad SMARTS) is 3. The van der Waals surface area contributed by atoms with Crippen LogP contribution in [0.1, 0.15) is 55.6 Å². The summed E-state index contributed by atoms with van der Waals surface area (Å²) in [4.78, 5) is 56.7. The second-order valence-electron chi connectivity index (χ2n) is 9.55. The topological polar surface area (TPSA) is 188 Å². The number of aliphatic imine (C=N–C) groups is 3. The Kier molecular flexibility index (Phi) is 12.3. The summed E-state index contributed by atoms with van der Waals surface area (Å²) in [6.45, 7) is 0. The van der Waals surface area contributed by atoms with Gasteiger partial charge in [0.25, 0.3) is 0 Å². The van der Waals surface area contributed by atoms with Crippen molar-refractivity contribution in [1.82, 2.24) is 15.0 Å². The fraction of sp³-hybridized carbons (Fsp3) is 0.300. The van der Waals surface area contributed by atoms with Crippen molar-refractivity contribution in [1.29, 1.82) is 0 Å². The first-order chi connectivity index (χ1) is 20.3. The minimum absolute atomic E-state index is 0. The van der Waals surface area contributed by atoms with Crippen molar-refractivity contribution in [3.05, 3.63) is 90.3 Å². The number of aliphatic carboxylic acids is 3. The quantitative estimate of drug-likeness (QED) is 0.345. The average molecular weight is 626 g/mol. The summed E-state index contributed by atoms with van der Waals surface area (Å²) in [5.74, 6) is -2.55. The number of hydrogen-bond donors (Lipinski definition) is 3. The van der Waals surface area contributed by atoms with Crippen LogP contribution in [0, 0.1) is 0 Å². The molecule has 0 unspecified atom stereocenters. The number of nitrogens with zero attached hydrogens (tertiary/aromatic N) is 6. The molecule has 0 saturated carbocycles. The molecular formula is C30H30FeN6O6. The van der Waals surface area contributed by atoms with Crippen molar-refractivity contribution in [3.8, 4) is 0 Å². The van der Waals surface area contributed by atoms with Gasteiger partial charge in [0, 0.05) is 35.7 Å². The van der Waals surface area contributed by atoms with Gasteiger partial charge in [-0.2, -0.15) is 0 Å². The van der Waals surface area contributed by atoms with Gasteiger partial charge in [0.1, 0.15) is 18.1 Å². The number of hydrogen-bond acceptors (Lipinski definition) is 9. The van der Waals surface area contributed by atoms with E-state index in [2.05, 4.69) is 29.9 Å². The van der Waals surface area contributed by atoms with Crippen LogP contribution in [-0.4, -0.2) is 83.4 Å². The molecule has 0 aromatic carbocycles. The standard InChI is InChI=1S/3C10H10N2O2.Fe/c3*13-10(14)9-5-4-8(12-9)7-3-1-2-6-11-7;/h3*1-3,6,9H,4-5H2,(H,13,14);/t3*9-;/m111./s1. The molecule has 0 amide bonds. The molecule has 3 aromatic heterocycles. The van der Waals surface area contributed by atoms with Crippen molar-refractivity contribution < 1.29 is 46.8 Å². The van der Waals surface area contributed by atoms with Gasteiger partial charge in [-0.25, -0.2) is 14.4 Å². The first kappa shape index (κ1) is 32.9. The summed E-state index contributed by atoms with van der Waals surface area (Å²) in [6, 6.07) is 14.9. The number of rotatable bonds is 6. The van der Waals surface area contributed by atoms with E-state index in [1.54, 1.807) is 18.6 Å². The predicted molar refractivity (Wildman–Crippen MR) is 154 cm³/mol. The number of aromatic nitrogens is 3. The van der Waals surface area contributed by atoms with E-state index in [-0.39, 0.29) is 17.1 Å². The zero-order valence-corrected chi connectivity index (χ0v) is 24.1. The molecule has 0 fully saturated rings. The zero-order valence-electron chi connectivity index (χ0n) is 23.0. The molecule has 0 saturated heterocycles. The third-order valence-corrected chi connectivity index (χ3v) is 6.64. The first-order valence-corrected chi connectivity index (χ1v) is 13.4. The fourth-order valence-corrected chi connectivity index (χ4v) is 4.49. The van der Waals surface area contributed by atoms with E-state index in [9.17, 15) is 14.4 Å². The summed E-state index contributed by atoms with van der Waals surface area (Å²) >= 11 is 0. The van der Waals surface area contributed by atoms with Crippen LogP contribution in [0.4, 0.5) is 0 Å². The molecule has 3 atom stereocenters. The maximum atomic E-state index is 10.7. The average Bonchev–Trinajstić information content (AvgIpc) is 3.81. The Balaban J connectivity index is 0.000000175. The van der Waals surface area contributed by atoms with E-state index in [0.717, 1.165) is 34.2 Å². The third-order valence-electron chi connectivity index (χ3n) is 6.64. The van der Waals surface area contributed by atoms with Crippen molar-refractivity contribution >= 4 is 35.0 Å². The summed E-state index contributed by atoms with van der Waals surface area (Å²) < 4.78 is 0. The molecule has 43 heavy (non-hydrogen) atoms. The van der Waals surface area contributed by atoms with Gasteiger partial charge in [-0.3, -0.25) is 29.9 Å². The molecule has 3 aliphatic rings. The smallest absolute Gasteiger partial charge is 0.328 e. The molecule has 13 heteroatoms. The molecular weight excluding hydrogens is 596 g/mol. The van der Waals surface area contributed by atoms with Crippen LogP contribution in [0.15, 0.2) is 88.2 Å². The van der Waals surface area contributed by atoms with Gasteiger partial charge in [-0.1, -0.05) is 18.2 Å². The maximum Gasteiger partial charge on any atom is 0.328 e. The Morgan fingerprint density at radius 1 is 0.512 bits per heavy atom. The van der Waals surface area contributed by atoms with Gasteiger partial charge in [-0.15, -0.1) is 0 Å². The second-order valence-corrected chi connectivity index (χ2v) is 9.55. The van der Waals surface area contributed by atoms with Gasteiger partial charge >= 0.3 is 17.9 Å². The van der Waals surface area contributed by atoms with Crippen LogP contribution in [0.5, 0.6) is 0 Å². The van der Waals surface area contributed by atoms with E-state index >= 15 is 0 Å². The minimum atomic E-state index is -0.851. The molecule has 0 spiro atoms. The van der Waals surface area contributed by atoms with Crippen LogP contribution in [-0.2, 0) is 31.5 Å². The van der Waals surface area contributed by atoms with Crippen molar-refractivity contribution in [3.63, 3.8) is 0 Å². The van der Waals surface area contributed by atoms with E-state index < -0.39 is 36.0 Å².